The molecule has 0 aliphatic carbocycles. The van der Waals surface area contributed by atoms with Gasteiger partial charge in [-0.1, -0.05) is 17.7 Å². The molecule has 1 aliphatic rings. The van der Waals surface area contributed by atoms with Gasteiger partial charge >= 0.3 is 0 Å². The summed E-state index contributed by atoms with van der Waals surface area (Å²) < 4.78 is 0. The number of anilines is 1. The Morgan fingerprint density at radius 2 is 2.12 bits per heavy atom. The van der Waals surface area contributed by atoms with Crippen LogP contribution in [0, 0.1) is 0 Å². The molecule has 1 aliphatic heterocycles. The molecule has 0 atom stereocenters. The van der Waals surface area contributed by atoms with Crippen molar-refractivity contribution in [3.8, 4) is 0 Å². The Morgan fingerprint density at radius 1 is 1.41 bits per heavy atom. The lowest BCUT2D eigenvalue weighted by atomic mass is 9.95. The third-order valence-corrected chi connectivity index (χ3v) is 4.87. The van der Waals surface area contributed by atoms with Crippen LogP contribution in [0.15, 0.2) is 23.1 Å². The second kappa shape index (κ2) is 5.48. The van der Waals surface area contributed by atoms with Gasteiger partial charge in [-0.3, -0.25) is 0 Å². The van der Waals surface area contributed by atoms with Crippen LogP contribution < -0.4 is 11.1 Å². The molecule has 17 heavy (non-hydrogen) atoms. The number of piperidine rings is 1. The van der Waals surface area contributed by atoms with Crippen LogP contribution in [-0.4, -0.2) is 29.5 Å². The van der Waals surface area contributed by atoms with Gasteiger partial charge in [0.05, 0.1) is 10.6 Å². The van der Waals surface area contributed by atoms with E-state index in [4.69, 9.17) is 17.3 Å². The van der Waals surface area contributed by atoms with Crippen LogP contribution in [0.2, 0.25) is 5.02 Å². The molecule has 0 saturated carbocycles. The largest absolute Gasteiger partial charge is 0.398 e. The van der Waals surface area contributed by atoms with Crippen molar-refractivity contribution < 1.29 is 5.11 Å². The van der Waals surface area contributed by atoms with Gasteiger partial charge < -0.3 is 16.2 Å². The van der Waals surface area contributed by atoms with E-state index in [0.29, 0.717) is 16.5 Å². The molecule has 1 saturated heterocycles. The number of hydrogen-bond acceptors (Lipinski definition) is 4. The highest BCUT2D eigenvalue weighted by Crippen LogP contribution is 2.35. The SMILES string of the molecule is Nc1cccc(Cl)c1SCC1(O)CCNCC1. The number of nitrogens with one attached hydrogen (secondary N) is 1. The van der Waals surface area contributed by atoms with Gasteiger partial charge in [0.1, 0.15) is 0 Å². The summed E-state index contributed by atoms with van der Waals surface area (Å²) in [6.45, 7) is 1.74. The van der Waals surface area contributed by atoms with Gasteiger partial charge in [0, 0.05) is 16.3 Å². The van der Waals surface area contributed by atoms with Crippen molar-refractivity contribution in [1.82, 2.24) is 5.32 Å². The molecule has 3 nitrogen and oxygen atoms in total. The number of rotatable bonds is 3. The Labute approximate surface area is 111 Å². The van der Waals surface area contributed by atoms with Crippen LogP contribution >= 0.6 is 23.4 Å². The van der Waals surface area contributed by atoms with Crippen molar-refractivity contribution in [2.45, 2.75) is 23.3 Å². The summed E-state index contributed by atoms with van der Waals surface area (Å²) in [5.41, 5.74) is 5.97. The Kier molecular flexibility index (Phi) is 4.20. The highest BCUT2D eigenvalue weighted by molar-refractivity contribution is 7.99. The van der Waals surface area contributed by atoms with Gasteiger partial charge in [0.2, 0.25) is 0 Å². The number of thioether (sulfide) groups is 1. The molecular formula is C12H17ClN2OS. The number of aliphatic hydroxyl groups is 1. The molecule has 0 bridgehead atoms. The molecule has 5 heteroatoms. The van der Waals surface area contributed by atoms with E-state index in [9.17, 15) is 5.11 Å². The molecule has 1 aromatic carbocycles. The second-order valence-corrected chi connectivity index (χ2v) is 5.81. The lowest BCUT2D eigenvalue weighted by molar-refractivity contribution is 0.0339. The van der Waals surface area contributed by atoms with Gasteiger partial charge in [-0.05, 0) is 38.1 Å². The molecule has 1 heterocycles. The molecule has 0 unspecified atom stereocenters. The maximum absolute atomic E-state index is 10.4. The highest BCUT2D eigenvalue weighted by Gasteiger charge is 2.29. The first-order valence-electron chi connectivity index (χ1n) is 5.71. The van der Waals surface area contributed by atoms with Gasteiger partial charge in [0.25, 0.3) is 0 Å². The van der Waals surface area contributed by atoms with Crippen molar-refractivity contribution in [1.29, 1.82) is 0 Å². The fraction of sp³-hybridized carbons (Fsp3) is 0.500. The minimum Gasteiger partial charge on any atom is -0.398 e. The lowest BCUT2D eigenvalue weighted by Gasteiger charge is -2.32. The average molecular weight is 273 g/mol. The first-order chi connectivity index (χ1) is 8.11. The van der Waals surface area contributed by atoms with Gasteiger partial charge in [-0.25, -0.2) is 0 Å². The first-order valence-corrected chi connectivity index (χ1v) is 7.07. The number of nitrogens with two attached hydrogens (primary N) is 1. The van der Waals surface area contributed by atoms with Crippen molar-refractivity contribution in [3.63, 3.8) is 0 Å². The highest BCUT2D eigenvalue weighted by atomic mass is 35.5. The molecule has 2 rings (SSSR count). The van der Waals surface area contributed by atoms with Gasteiger partial charge in [-0.2, -0.15) is 0 Å². The van der Waals surface area contributed by atoms with Gasteiger partial charge in [-0.15, -0.1) is 11.8 Å². The molecule has 4 N–H and O–H groups in total. The minimum absolute atomic E-state index is 0.596. The van der Waals surface area contributed by atoms with Crippen LogP contribution in [0.3, 0.4) is 0 Å². The summed E-state index contributed by atoms with van der Waals surface area (Å²) in [5.74, 6) is 0.641. The fourth-order valence-corrected chi connectivity index (χ4v) is 3.41. The van der Waals surface area contributed by atoms with E-state index < -0.39 is 5.60 Å². The van der Waals surface area contributed by atoms with E-state index in [-0.39, 0.29) is 0 Å². The maximum Gasteiger partial charge on any atom is 0.0765 e. The maximum atomic E-state index is 10.4. The predicted molar refractivity (Wildman–Crippen MR) is 73.6 cm³/mol. The minimum atomic E-state index is -0.596. The fourth-order valence-electron chi connectivity index (χ4n) is 1.92. The number of nitrogen functional groups attached to an aromatic ring is 1. The second-order valence-electron chi connectivity index (χ2n) is 4.42. The Bertz CT molecular complexity index is 374. The van der Waals surface area contributed by atoms with Crippen molar-refractivity contribution in [3.05, 3.63) is 23.2 Å². The summed E-state index contributed by atoms with van der Waals surface area (Å²) in [6.07, 6.45) is 1.56. The molecule has 0 amide bonds. The first kappa shape index (κ1) is 13.0. The number of hydrogen-bond donors (Lipinski definition) is 3. The topological polar surface area (TPSA) is 58.3 Å². The molecular weight excluding hydrogens is 256 g/mol. The van der Waals surface area contributed by atoms with E-state index in [0.717, 1.165) is 30.8 Å². The Hall–Kier alpha value is -0.420. The Balaban J connectivity index is 2.02. The summed E-state index contributed by atoms with van der Waals surface area (Å²) in [5, 5.41) is 14.3. The molecule has 1 fully saturated rings. The summed E-state index contributed by atoms with van der Waals surface area (Å²) in [4.78, 5) is 0.876. The number of benzene rings is 1. The number of halogens is 1. The van der Waals surface area contributed by atoms with Crippen LogP contribution in [0.1, 0.15) is 12.8 Å². The monoisotopic (exact) mass is 272 g/mol. The van der Waals surface area contributed by atoms with E-state index in [2.05, 4.69) is 5.32 Å². The van der Waals surface area contributed by atoms with Crippen molar-refractivity contribution >= 4 is 29.1 Å². The third-order valence-electron chi connectivity index (χ3n) is 3.02. The van der Waals surface area contributed by atoms with Crippen molar-refractivity contribution in [2.75, 3.05) is 24.6 Å². The van der Waals surface area contributed by atoms with Crippen LogP contribution in [0.5, 0.6) is 0 Å². The summed E-state index contributed by atoms with van der Waals surface area (Å²) in [7, 11) is 0. The molecule has 0 aromatic heterocycles. The smallest absolute Gasteiger partial charge is 0.0765 e. The molecule has 0 radical (unpaired) electrons. The van der Waals surface area contributed by atoms with E-state index in [1.54, 1.807) is 11.8 Å². The van der Waals surface area contributed by atoms with Crippen molar-refractivity contribution in [2.24, 2.45) is 0 Å². The van der Waals surface area contributed by atoms with Crippen LogP contribution in [0.25, 0.3) is 0 Å². The van der Waals surface area contributed by atoms with E-state index in [1.165, 1.54) is 0 Å². The average Bonchev–Trinajstić information content (AvgIpc) is 2.29. The molecule has 94 valence electrons. The van der Waals surface area contributed by atoms with E-state index in [1.807, 2.05) is 18.2 Å². The summed E-state index contributed by atoms with van der Waals surface area (Å²) in [6, 6.07) is 5.49. The predicted octanol–water partition coefficient (Wildman–Crippen LogP) is 2.13. The zero-order chi connectivity index (χ0) is 12.3. The normalized spacial score (nSPS) is 19.2. The molecule has 1 aromatic rings. The van der Waals surface area contributed by atoms with Crippen LogP contribution in [0.4, 0.5) is 5.69 Å². The third kappa shape index (κ3) is 3.28. The van der Waals surface area contributed by atoms with Crippen LogP contribution in [-0.2, 0) is 0 Å². The summed E-state index contributed by atoms with van der Waals surface area (Å²) >= 11 is 7.64. The Morgan fingerprint density at radius 3 is 2.76 bits per heavy atom. The lowest BCUT2D eigenvalue weighted by Crippen LogP contribution is -2.43. The zero-order valence-electron chi connectivity index (χ0n) is 9.58. The zero-order valence-corrected chi connectivity index (χ0v) is 11.2. The standard InChI is InChI=1S/C12H17ClN2OS/c13-9-2-1-3-10(14)11(9)17-8-12(16)4-6-15-7-5-12/h1-3,15-16H,4-8,14H2. The molecule has 0 spiro atoms. The van der Waals surface area contributed by atoms with E-state index >= 15 is 0 Å². The quantitative estimate of drug-likeness (QED) is 0.583. The van der Waals surface area contributed by atoms with Gasteiger partial charge in [0.15, 0.2) is 0 Å².